The van der Waals surface area contributed by atoms with Crippen LogP contribution in [0.25, 0.3) is 0 Å². The maximum Gasteiger partial charge on any atom is 0.393 e. The zero-order chi connectivity index (χ0) is 15.6. The van der Waals surface area contributed by atoms with E-state index in [-0.39, 0.29) is 6.42 Å². The zero-order valence-corrected chi connectivity index (χ0v) is 11.8. The van der Waals surface area contributed by atoms with Crippen LogP contribution in [0.4, 0.5) is 18.9 Å². The van der Waals surface area contributed by atoms with Crippen LogP contribution in [0, 0.1) is 12.8 Å². The Balaban J connectivity index is 2.18. The molecule has 1 aliphatic rings. The maximum absolute atomic E-state index is 13.1. The van der Waals surface area contributed by atoms with Crippen molar-refractivity contribution < 1.29 is 18.0 Å². The SMILES string of the molecule is Cc1cc(C(N)=O)ccc1NC1CCCCC1C(F)(F)F. The molecular weight excluding hydrogens is 281 g/mol. The molecule has 0 spiro atoms. The Labute approximate surface area is 121 Å². The van der Waals surface area contributed by atoms with Gasteiger partial charge in [-0.15, -0.1) is 0 Å². The number of hydrogen-bond donors (Lipinski definition) is 2. The topological polar surface area (TPSA) is 55.1 Å². The van der Waals surface area contributed by atoms with Crippen molar-refractivity contribution >= 4 is 11.6 Å². The highest BCUT2D eigenvalue weighted by molar-refractivity contribution is 5.93. The first-order valence-electron chi connectivity index (χ1n) is 7.02. The summed E-state index contributed by atoms with van der Waals surface area (Å²) in [5.41, 5.74) is 6.89. The Morgan fingerprint density at radius 3 is 2.52 bits per heavy atom. The number of carbonyl (C=O) groups is 1. The average molecular weight is 300 g/mol. The van der Waals surface area contributed by atoms with Gasteiger partial charge in [0, 0.05) is 17.3 Å². The van der Waals surface area contributed by atoms with Crippen LogP contribution in [0.5, 0.6) is 0 Å². The molecule has 1 aromatic rings. The number of amides is 1. The van der Waals surface area contributed by atoms with Crippen molar-refractivity contribution in [2.45, 2.75) is 44.8 Å². The Hall–Kier alpha value is -1.72. The molecule has 1 amide bonds. The van der Waals surface area contributed by atoms with E-state index in [0.717, 1.165) is 12.0 Å². The molecule has 3 N–H and O–H groups in total. The molecule has 2 rings (SSSR count). The van der Waals surface area contributed by atoms with E-state index in [1.165, 1.54) is 6.07 Å². The van der Waals surface area contributed by atoms with Crippen molar-refractivity contribution in [3.63, 3.8) is 0 Å². The van der Waals surface area contributed by atoms with Gasteiger partial charge in [0.25, 0.3) is 0 Å². The predicted octanol–water partition coefficient (Wildman–Crippen LogP) is 3.63. The van der Waals surface area contributed by atoms with Gasteiger partial charge in [-0.05, 0) is 43.5 Å². The Morgan fingerprint density at radius 1 is 1.29 bits per heavy atom. The molecule has 0 radical (unpaired) electrons. The normalized spacial score (nSPS) is 22.9. The number of nitrogens with two attached hydrogens (primary N) is 1. The second kappa shape index (κ2) is 5.95. The van der Waals surface area contributed by atoms with Crippen molar-refractivity contribution in [3.05, 3.63) is 29.3 Å². The highest BCUT2D eigenvalue weighted by atomic mass is 19.4. The molecule has 6 heteroatoms. The second-order valence-electron chi connectivity index (χ2n) is 5.58. The van der Waals surface area contributed by atoms with Crippen LogP contribution in [0.1, 0.15) is 41.6 Å². The van der Waals surface area contributed by atoms with Gasteiger partial charge in [0.1, 0.15) is 0 Å². The van der Waals surface area contributed by atoms with Gasteiger partial charge in [0.05, 0.1) is 5.92 Å². The first-order valence-corrected chi connectivity index (χ1v) is 7.02. The minimum Gasteiger partial charge on any atom is -0.381 e. The van der Waals surface area contributed by atoms with E-state index in [2.05, 4.69) is 5.32 Å². The fourth-order valence-corrected chi connectivity index (χ4v) is 2.87. The predicted molar refractivity (Wildman–Crippen MR) is 75.1 cm³/mol. The summed E-state index contributed by atoms with van der Waals surface area (Å²) < 4.78 is 39.2. The summed E-state index contributed by atoms with van der Waals surface area (Å²) in [5, 5.41) is 3.00. The number of aryl methyl sites for hydroxylation is 1. The van der Waals surface area contributed by atoms with Gasteiger partial charge in [0.2, 0.25) is 5.91 Å². The number of benzene rings is 1. The molecule has 1 aromatic carbocycles. The number of halogens is 3. The first-order chi connectivity index (χ1) is 9.79. The highest BCUT2D eigenvalue weighted by Gasteiger charge is 2.45. The zero-order valence-electron chi connectivity index (χ0n) is 11.8. The lowest BCUT2D eigenvalue weighted by molar-refractivity contribution is -0.184. The smallest absolute Gasteiger partial charge is 0.381 e. The Morgan fingerprint density at radius 2 is 1.95 bits per heavy atom. The van der Waals surface area contributed by atoms with E-state index in [4.69, 9.17) is 5.73 Å². The number of anilines is 1. The van der Waals surface area contributed by atoms with Crippen molar-refractivity contribution in [2.75, 3.05) is 5.32 Å². The summed E-state index contributed by atoms with van der Waals surface area (Å²) in [6.07, 6.45) is -2.11. The molecule has 0 aromatic heterocycles. The summed E-state index contributed by atoms with van der Waals surface area (Å²) in [6, 6.07) is 4.13. The van der Waals surface area contributed by atoms with Gasteiger partial charge in [-0.2, -0.15) is 13.2 Å². The van der Waals surface area contributed by atoms with E-state index in [1.807, 2.05) is 0 Å². The van der Waals surface area contributed by atoms with Gasteiger partial charge in [-0.1, -0.05) is 12.8 Å². The molecule has 0 saturated heterocycles. The van der Waals surface area contributed by atoms with Crippen LogP contribution in [-0.4, -0.2) is 18.1 Å². The van der Waals surface area contributed by atoms with Gasteiger partial charge in [-0.3, -0.25) is 4.79 Å². The van der Waals surface area contributed by atoms with Crippen LogP contribution < -0.4 is 11.1 Å². The molecule has 0 heterocycles. The number of primary amides is 1. The summed E-state index contributed by atoms with van der Waals surface area (Å²) in [4.78, 5) is 11.1. The van der Waals surface area contributed by atoms with E-state index >= 15 is 0 Å². The molecule has 2 unspecified atom stereocenters. The third kappa shape index (κ3) is 3.68. The molecular formula is C15H19F3N2O. The third-order valence-corrected chi connectivity index (χ3v) is 4.04. The molecule has 1 saturated carbocycles. The molecule has 3 nitrogen and oxygen atoms in total. The van der Waals surface area contributed by atoms with Gasteiger partial charge >= 0.3 is 6.18 Å². The van der Waals surface area contributed by atoms with Crippen molar-refractivity contribution in [1.82, 2.24) is 0 Å². The number of hydrogen-bond acceptors (Lipinski definition) is 2. The number of nitrogens with one attached hydrogen (secondary N) is 1. The van der Waals surface area contributed by atoms with Crippen LogP contribution in [0.15, 0.2) is 18.2 Å². The standard InChI is InChI=1S/C15H19F3N2O/c1-9-8-10(14(19)21)6-7-12(9)20-13-5-3-2-4-11(13)15(16,17)18/h6-8,11,13,20H,2-5H2,1H3,(H2,19,21). The van der Waals surface area contributed by atoms with Gasteiger partial charge in [-0.25, -0.2) is 0 Å². The lowest BCUT2D eigenvalue weighted by Crippen LogP contribution is -2.41. The molecule has 21 heavy (non-hydrogen) atoms. The average Bonchev–Trinajstić information content (AvgIpc) is 2.40. The minimum atomic E-state index is -4.18. The van der Waals surface area contributed by atoms with E-state index < -0.39 is 24.0 Å². The second-order valence-corrected chi connectivity index (χ2v) is 5.58. The molecule has 1 fully saturated rings. The maximum atomic E-state index is 13.1. The van der Waals surface area contributed by atoms with E-state index in [9.17, 15) is 18.0 Å². The number of alkyl halides is 3. The quantitative estimate of drug-likeness (QED) is 0.895. The lowest BCUT2D eigenvalue weighted by atomic mass is 9.83. The summed E-state index contributed by atoms with van der Waals surface area (Å²) in [5.74, 6) is -1.86. The fraction of sp³-hybridized carbons (Fsp3) is 0.533. The van der Waals surface area contributed by atoms with Crippen LogP contribution in [0.3, 0.4) is 0 Å². The van der Waals surface area contributed by atoms with Crippen LogP contribution in [-0.2, 0) is 0 Å². The minimum absolute atomic E-state index is 0.166. The van der Waals surface area contributed by atoms with Gasteiger partial charge in [0.15, 0.2) is 0 Å². The number of rotatable bonds is 3. The summed E-state index contributed by atoms with van der Waals surface area (Å²) >= 11 is 0. The monoisotopic (exact) mass is 300 g/mol. The Kier molecular flexibility index (Phi) is 4.44. The molecule has 2 atom stereocenters. The van der Waals surface area contributed by atoms with Crippen molar-refractivity contribution in [3.8, 4) is 0 Å². The largest absolute Gasteiger partial charge is 0.393 e. The lowest BCUT2D eigenvalue weighted by Gasteiger charge is -2.34. The molecule has 0 aliphatic heterocycles. The highest BCUT2D eigenvalue weighted by Crippen LogP contribution is 2.39. The molecule has 1 aliphatic carbocycles. The summed E-state index contributed by atoms with van der Waals surface area (Å²) in [7, 11) is 0. The Bertz CT molecular complexity index is 528. The van der Waals surface area contributed by atoms with Crippen LogP contribution in [0.2, 0.25) is 0 Å². The number of carbonyl (C=O) groups excluding carboxylic acids is 1. The van der Waals surface area contributed by atoms with Crippen LogP contribution >= 0.6 is 0 Å². The van der Waals surface area contributed by atoms with E-state index in [1.54, 1.807) is 19.1 Å². The third-order valence-electron chi connectivity index (χ3n) is 4.04. The summed E-state index contributed by atoms with van der Waals surface area (Å²) in [6.45, 7) is 1.75. The molecule has 0 bridgehead atoms. The van der Waals surface area contributed by atoms with Crippen molar-refractivity contribution in [2.24, 2.45) is 11.7 Å². The van der Waals surface area contributed by atoms with Gasteiger partial charge < -0.3 is 11.1 Å². The van der Waals surface area contributed by atoms with E-state index in [0.29, 0.717) is 24.1 Å². The molecule has 116 valence electrons. The fourth-order valence-electron chi connectivity index (χ4n) is 2.87. The van der Waals surface area contributed by atoms with Crippen molar-refractivity contribution in [1.29, 1.82) is 0 Å². The first kappa shape index (κ1) is 15.7.